The number of carbonyl (C=O) groups is 1. The van der Waals surface area contributed by atoms with Crippen molar-refractivity contribution in [2.24, 2.45) is 0 Å². The van der Waals surface area contributed by atoms with Crippen LogP contribution >= 0.6 is 0 Å². The van der Waals surface area contributed by atoms with Crippen molar-refractivity contribution in [3.05, 3.63) is 12.0 Å². The molecule has 1 N–H and O–H groups in total. The fourth-order valence-electron chi connectivity index (χ4n) is 1.83. The number of aromatic nitrogens is 2. The molecule has 8 nitrogen and oxygen atoms in total. The number of methoxy groups -OCH3 is 1. The van der Waals surface area contributed by atoms with E-state index < -0.39 is 22.5 Å². The number of aliphatic carboxylic acids is 1. The van der Waals surface area contributed by atoms with Crippen molar-refractivity contribution in [1.82, 2.24) is 13.9 Å². The van der Waals surface area contributed by atoms with E-state index in [4.69, 9.17) is 9.84 Å². The highest BCUT2D eigenvalue weighted by Crippen LogP contribution is 2.15. The molecule has 0 atom stereocenters. The molecular formula is C12H21N3O5S. The van der Waals surface area contributed by atoms with Crippen molar-refractivity contribution >= 4 is 16.0 Å². The molecule has 21 heavy (non-hydrogen) atoms. The molecule has 0 bridgehead atoms. The van der Waals surface area contributed by atoms with Crippen LogP contribution in [0.5, 0.6) is 0 Å². The normalized spacial score (nSPS) is 12.0. The highest BCUT2D eigenvalue weighted by molar-refractivity contribution is 7.89. The summed E-state index contributed by atoms with van der Waals surface area (Å²) in [6.45, 7) is 3.80. The number of rotatable bonds is 9. The van der Waals surface area contributed by atoms with Gasteiger partial charge in [-0.05, 0) is 13.3 Å². The molecule has 0 unspecified atom stereocenters. The third-order valence-corrected chi connectivity index (χ3v) is 4.60. The van der Waals surface area contributed by atoms with Gasteiger partial charge in [0.2, 0.25) is 0 Å². The molecule has 1 rings (SSSR count). The quantitative estimate of drug-likeness (QED) is 0.703. The third kappa shape index (κ3) is 4.51. The van der Waals surface area contributed by atoms with Crippen molar-refractivity contribution in [2.75, 3.05) is 26.8 Å². The molecule has 9 heteroatoms. The molecule has 0 fully saturated rings. The zero-order valence-electron chi connectivity index (χ0n) is 12.4. The standard InChI is InChI=1S/C12H21N3O5S/c1-4-5-14-8-11(13-10(14)2)21(18,19)15(6-7-20-3)9-12(16)17/h8H,4-7,9H2,1-3H3,(H,16,17). The number of imidazole rings is 1. The lowest BCUT2D eigenvalue weighted by Gasteiger charge is -2.18. The van der Waals surface area contributed by atoms with Gasteiger partial charge >= 0.3 is 5.97 Å². The summed E-state index contributed by atoms with van der Waals surface area (Å²) in [7, 11) is -2.53. The van der Waals surface area contributed by atoms with E-state index in [0.29, 0.717) is 12.4 Å². The summed E-state index contributed by atoms with van der Waals surface area (Å²) in [6.07, 6.45) is 2.29. The number of aryl methyl sites for hydroxylation is 2. The van der Waals surface area contributed by atoms with Gasteiger partial charge in [0.25, 0.3) is 10.0 Å². The zero-order chi connectivity index (χ0) is 16.0. The molecule has 0 aliphatic carbocycles. The Morgan fingerprint density at radius 3 is 2.71 bits per heavy atom. The van der Waals surface area contributed by atoms with Gasteiger partial charge in [0.05, 0.1) is 6.61 Å². The number of sulfonamides is 1. The summed E-state index contributed by atoms with van der Waals surface area (Å²) in [6, 6.07) is 0. The van der Waals surface area contributed by atoms with Crippen LogP contribution in [0.4, 0.5) is 0 Å². The fourth-order valence-corrected chi connectivity index (χ4v) is 3.20. The molecule has 1 aromatic rings. The van der Waals surface area contributed by atoms with E-state index in [-0.39, 0.29) is 18.2 Å². The topological polar surface area (TPSA) is 102 Å². The molecule has 0 saturated heterocycles. The van der Waals surface area contributed by atoms with Crippen molar-refractivity contribution in [1.29, 1.82) is 0 Å². The Bertz CT molecular complexity index is 582. The highest BCUT2D eigenvalue weighted by Gasteiger charge is 2.29. The molecule has 1 heterocycles. The number of nitrogens with zero attached hydrogens (tertiary/aromatic N) is 3. The maximum atomic E-state index is 12.5. The van der Waals surface area contributed by atoms with Crippen LogP contribution in [0.1, 0.15) is 19.2 Å². The molecule has 0 aromatic carbocycles. The SMILES string of the molecule is CCCn1cc(S(=O)(=O)N(CCOC)CC(=O)O)nc1C. The number of carboxylic acid groups (broad SMARTS) is 1. The fraction of sp³-hybridized carbons (Fsp3) is 0.667. The van der Waals surface area contributed by atoms with Gasteiger partial charge < -0.3 is 14.4 Å². The second-order valence-corrected chi connectivity index (χ2v) is 6.43. The number of hydrogen-bond acceptors (Lipinski definition) is 5. The Balaban J connectivity index is 3.09. The van der Waals surface area contributed by atoms with Crippen LogP contribution < -0.4 is 0 Å². The second kappa shape index (κ2) is 7.53. The monoisotopic (exact) mass is 319 g/mol. The predicted molar refractivity (Wildman–Crippen MR) is 75.5 cm³/mol. The van der Waals surface area contributed by atoms with Gasteiger partial charge in [-0.3, -0.25) is 4.79 Å². The molecule has 0 saturated carbocycles. The maximum Gasteiger partial charge on any atom is 0.318 e. The van der Waals surface area contributed by atoms with Gasteiger partial charge in [-0.1, -0.05) is 6.92 Å². The van der Waals surface area contributed by atoms with Gasteiger partial charge in [-0.15, -0.1) is 0 Å². The minimum atomic E-state index is -3.95. The third-order valence-electron chi connectivity index (χ3n) is 2.88. The Morgan fingerprint density at radius 1 is 1.52 bits per heavy atom. The number of ether oxygens (including phenoxy) is 1. The molecule has 0 radical (unpaired) electrons. The average Bonchev–Trinajstić information content (AvgIpc) is 2.77. The van der Waals surface area contributed by atoms with Gasteiger partial charge in [-0.2, -0.15) is 4.31 Å². The summed E-state index contributed by atoms with van der Waals surface area (Å²) < 4.78 is 32.4. The Kier molecular flexibility index (Phi) is 6.31. The lowest BCUT2D eigenvalue weighted by Crippen LogP contribution is -2.38. The largest absolute Gasteiger partial charge is 0.480 e. The van der Waals surface area contributed by atoms with E-state index in [0.717, 1.165) is 10.7 Å². The summed E-state index contributed by atoms with van der Waals surface area (Å²) in [5, 5.41) is 8.73. The van der Waals surface area contributed by atoms with Crippen LogP contribution in [-0.4, -0.2) is 60.2 Å². The smallest absolute Gasteiger partial charge is 0.318 e. The molecule has 0 amide bonds. The first-order valence-corrected chi connectivity index (χ1v) is 8.01. The Hall–Kier alpha value is -1.45. The van der Waals surface area contributed by atoms with Crippen LogP contribution in [0.25, 0.3) is 0 Å². The van der Waals surface area contributed by atoms with Crippen molar-refractivity contribution < 1.29 is 23.1 Å². The number of hydrogen-bond donors (Lipinski definition) is 1. The van der Waals surface area contributed by atoms with E-state index in [9.17, 15) is 13.2 Å². The first kappa shape index (κ1) is 17.6. The van der Waals surface area contributed by atoms with Gasteiger partial charge in [-0.25, -0.2) is 13.4 Å². The van der Waals surface area contributed by atoms with Gasteiger partial charge in [0.15, 0.2) is 5.03 Å². The minimum Gasteiger partial charge on any atom is -0.480 e. The van der Waals surface area contributed by atoms with Gasteiger partial charge in [0, 0.05) is 26.4 Å². The van der Waals surface area contributed by atoms with Crippen LogP contribution in [0.2, 0.25) is 0 Å². The molecule has 1 aromatic heterocycles. The van der Waals surface area contributed by atoms with E-state index in [2.05, 4.69) is 4.98 Å². The summed E-state index contributed by atoms with van der Waals surface area (Å²) in [5.41, 5.74) is 0. The summed E-state index contributed by atoms with van der Waals surface area (Å²) in [5.74, 6) is -0.642. The Morgan fingerprint density at radius 2 is 2.19 bits per heavy atom. The molecule has 0 spiro atoms. The van der Waals surface area contributed by atoms with Crippen LogP contribution in [0, 0.1) is 6.92 Å². The lowest BCUT2D eigenvalue weighted by atomic mass is 10.5. The molecule has 120 valence electrons. The predicted octanol–water partition coefficient (Wildman–Crippen LogP) is 0.323. The first-order valence-electron chi connectivity index (χ1n) is 6.57. The lowest BCUT2D eigenvalue weighted by molar-refractivity contribution is -0.137. The van der Waals surface area contributed by atoms with Gasteiger partial charge in [0.1, 0.15) is 12.4 Å². The van der Waals surface area contributed by atoms with E-state index >= 15 is 0 Å². The molecule has 0 aliphatic heterocycles. The van der Waals surface area contributed by atoms with E-state index in [1.165, 1.54) is 13.3 Å². The highest BCUT2D eigenvalue weighted by atomic mass is 32.2. The number of carboxylic acids is 1. The van der Waals surface area contributed by atoms with Crippen LogP contribution in [0.15, 0.2) is 11.2 Å². The summed E-state index contributed by atoms with van der Waals surface area (Å²) >= 11 is 0. The first-order chi connectivity index (χ1) is 9.82. The summed E-state index contributed by atoms with van der Waals surface area (Å²) in [4.78, 5) is 14.9. The molecule has 0 aliphatic rings. The zero-order valence-corrected chi connectivity index (χ0v) is 13.3. The van der Waals surface area contributed by atoms with Crippen molar-refractivity contribution in [3.63, 3.8) is 0 Å². The van der Waals surface area contributed by atoms with Crippen LogP contribution in [0.3, 0.4) is 0 Å². The minimum absolute atomic E-state index is 0.0369. The second-order valence-electron chi connectivity index (χ2n) is 4.54. The van der Waals surface area contributed by atoms with Crippen LogP contribution in [-0.2, 0) is 26.1 Å². The maximum absolute atomic E-state index is 12.5. The molecular weight excluding hydrogens is 298 g/mol. The average molecular weight is 319 g/mol. The van der Waals surface area contributed by atoms with Crippen molar-refractivity contribution in [2.45, 2.75) is 31.8 Å². The Labute approximate surface area is 124 Å². The van der Waals surface area contributed by atoms with Crippen molar-refractivity contribution in [3.8, 4) is 0 Å². The van der Waals surface area contributed by atoms with E-state index in [1.807, 2.05) is 6.92 Å². The van der Waals surface area contributed by atoms with E-state index in [1.54, 1.807) is 11.5 Å².